The molecule has 1 N–H and O–H groups in total. The summed E-state index contributed by atoms with van der Waals surface area (Å²) >= 11 is 2.53. The minimum Gasteiger partial charge on any atom is -0.368 e. The van der Waals surface area contributed by atoms with Gasteiger partial charge in [-0.2, -0.15) is 13.2 Å². The number of alkyl halides is 3. The van der Waals surface area contributed by atoms with E-state index in [2.05, 4.69) is 28.7 Å². The van der Waals surface area contributed by atoms with Gasteiger partial charge in [0.2, 0.25) is 0 Å². The second-order valence-electron chi connectivity index (χ2n) is 5.77. The number of thioether (sulfide) groups is 1. The van der Waals surface area contributed by atoms with E-state index in [1.807, 2.05) is 0 Å². The number of rotatable bonds is 5. The molecule has 1 aliphatic rings. The Morgan fingerprint density at radius 1 is 1.54 bits per heavy atom. The molecule has 3 nitrogen and oxygen atoms in total. The average molecular weight is 378 g/mol. The van der Waals surface area contributed by atoms with Crippen LogP contribution in [0.2, 0.25) is 0 Å². The van der Waals surface area contributed by atoms with Crippen molar-refractivity contribution in [2.45, 2.75) is 38.5 Å². The average Bonchev–Trinajstić information content (AvgIpc) is 3.13. The van der Waals surface area contributed by atoms with Crippen LogP contribution in [0.5, 0.6) is 0 Å². The highest BCUT2D eigenvalue weighted by Crippen LogP contribution is 2.33. The SMILES string of the molecule is C=C(CN1CCCC1C)S/C(=N\Cc1cc(C(F)(F)F)cs1)NC. The lowest BCUT2D eigenvalue weighted by Crippen LogP contribution is -2.29. The zero-order chi connectivity index (χ0) is 17.7. The zero-order valence-corrected chi connectivity index (χ0v) is 15.5. The Kier molecular flexibility index (Phi) is 6.77. The van der Waals surface area contributed by atoms with Crippen LogP contribution < -0.4 is 5.32 Å². The van der Waals surface area contributed by atoms with Crippen molar-refractivity contribution in [2.75, 3.05) is 20.1 Å². The molecule has 2 rings (SSSR count). The fraction of sp³-hybridized carbons (Fsp3) is 0.562. The van der Waals surface area contributed by atoms with Crippen LogP contribution in [0, 0.1) is 0 Å². The first kappa shape index (κ1) is 19.3. The highest BCUT2D eigenvalue weighted by atomic mass is 32.2. The third-order valence-electron chi connectivity index (χ3n) is 3.88. The predicted octanol–water partition coefficient (Wildman–Crippen LogP) is 4.57. The van der Waals surface area contributed by atoms with Crippen molar-refractivity contribution in [3.8, 4) is 0 Å². The lowest BCUT2D eigenvalue weighted by molar-refractivity contribution is -0.137. The molecule has 1 aromatic heterocycles. The van der Waals surface area contributed by atoms with E-state index in [-0.39, 0.29) is 6.54 Å². The van der Waals surface area contributed by atoms with Gasteiger partial charge >= 0.3 is 6.18 Å². The Hall–Kier alpha value is -0.990. The van der Waals surface area contributed by atoms with Gasteiger partial charge in [0.25, 0.3) is 0 Å². The van der Waals surface area contributed by atoms with Crippen LogP contribution in [0.3, 0.4) is 0 Å². The van der Waals surface area contributed by atoms with Gasteiger partial charge in [0.1, 0.15) is 0 Å². The number of likely N-dealkylation sites (tertiary alicyclic amines) is 1. The van der Waals surface area contributed by atoms with Crippen molar-refractivity contribution < 1.29 is 13.2 Å². The maximum atomic E-state index is 12.6. The van der Waals surface area contributed by atoms with Crippen molar-refractivity contribution >= 4 is 28.3 Å². The third kappa shape index (κ3) is 5.53. The van der Waals surface area contributed by atoms with E-state index in [9.17, 15) is 13.2 Å². The molecule has 0 bridgehead atoms. The summed E-state index contributed by atoms with van der Waals surface area (Å²) in [6, 6.07) is 1.73. The molecule has 1 unspecified atom stereocenters. The number of amidine groups is 1. The smallest absolute Gasteiger partial charge is 0.368 e. The van der Waals surface area contributed by atoms with E-state index in [0.29, 0.717) is 16.1 Å². The van der Waals surface area contributed by atoms with Gasteiger partial charge in [-0.1, -0.05) is 18.3 Å². The summed E-state index contributed by atoms with van der Waals surface area (Å²) in [4.78, 5) is 8.34. The summed E-state index contributed by atoms with van der Waals surface area (Å²) in [6.07, 6.45) is -1.86. The number of thiophene rings is 1. The van der Waals surface area contributed by atoms with Crippen LogP contribution in [0.4, 0.5) is 13.2 Å². The lowest BCUT2D eigenvalue weighted by atomic mass is 10.2. The summed E-state index contributed by atoms with van der Waals surface area (Å²) in [7, 11) is 1.76. The van der Waals surface area contributed by atoms with Crippen molar-refractivity contribution in [3.05, 3.63) is 33.4 Å². The molecule has 0 saturated carbocycles. The van der Waals surface area contributed by atoms with E-state index in [0.717, 1.165) is 40.8 Å². The molecule has 134 valence electrons. The molecule has 1 aliphatic heterocycles. The minimum atomic E-state index is -4.29. The van der Waals surface area contributed by atoms with Gasteiger partial charge in [-0.05, 0) is 37.3 Å². The molecule has 1 fully saturated rings. The highest BCUT2D eigenvalue weighted by molar-refractivity contribution is 8.17. The van der Waals surface area contributed by atoms with Crippen molar-refractivity contribution in [1.82, 2.24) is 10.2 Å². The highest BCUT2D eigenvalue weighted by Gasteiger charge is 2.31. The third-order valence-corrected chi connectivity index (χ3v) is 5.75. The van der Waals surface area contributed by atoms with Gasteiger partial charge in [-0.25, -0.2) is 0 Å². The van der Waals surface area contributed by atoms with Crippen molar-refractivity contribution in [3.63, 3.8) is 0 Å². The maximum absolute atomic E-state index is 12.6. The van der Waals surface area contributed by atoms with E-state index in [1.54, 1.807) is 7.05 Å². The molecule has 1 atom stereocenters. The first-order chi connectivity index (χ1) is 11.3. The van der Waals surface area contributed by atoms with Crippen LogP contribution in [0.15, 0.2) is 27.9 Å². The van der Waals surface area contributed by atoms with Crippen LogP contribution in [-0.2, 0) is 12.7 Å². The molecule has 0 amide bonds. The van der Waals surface area contributed by atoms with Gasteiger partial charge in [0.15, 0.2) is 5.17 Å². The quantitative estimate of drug-likeness (QED) is 0.602. The normalized spacial score (nSPS) is 19.7. The topological polar surface area (TPSA) is 27.6 Å². The number of nitrogens with one attached hydrogen (secondary N) is 1. The monoisotopic (exact) mass is 377 g/mol. The van der Waals surface area contributed by atoms with E-state index in [1.165, 1.54) is 24.6 Å². The molecule has 1 aromatic rings. The van der Waals surface area contributed by atoms with Crippen LogP contribution in [0.1, 0.15) is 30.2 Å². The number of halogens is 3. The molecule has 2 heterocycles. The largest absolute Gasteiger partial charge is 0.417 e. The van der Waals surface area contributed by atoms with Gasteiger partial charge in [-0.3, -0.25) is 9.89 Å². The molecule has 0 radical (unpaired) electrons. The predicted molar refractivity (Wildman–Crippen MR) is 96.5 cm³/mol. The van der Waals surface area contributed by atoms with E-state index in [4.69, 9.17) is 0 Å². The van der Waals surface area contributed by atoms with Gasteiger partial charge in [0.05, 0.1) is 12.1 Å². The van der Waals surface area contributed by atoms with Crippen LogP contribution >= 0.6 is 23.1 Å². The van der Waals surface area contributed by atoms with Crippen LogP contribution in [-0.4, -0.2) is 36.2 Å². The molecule has 0 aromatic carbocycles. The molecule has 1 saturated heterocycles. The second-order valence-corrected chi connectivity index (χ2v) is 7.94. The number of aliphatic imine (C=N–C) groups is 1. The fourth-order valence-corrected chi connectivity index (χ4v) is 4.10. The summed E-state index contributed by atoms with van der Waals surface area (Å²) in [6.45, 7) is 8.43. The Balaban J connectivity index is 1.89. The van der Waals surface area contributed by atoms with Gasteiger partial charge < -0.3 is 5.32 Å². The summed E-state index contributed by atoms with van der Waals surface area (Å²) in [5.41, 5.74) is -0.608. The van der Waals surface area contributed by atoms with E-state index >= 15 is 0 Å². The summed E-state index contributed by atoms with van der Waals surface area (Å²) in [5.74, 6) is 0. The van der Waals surface area contributed by atoms with E-state index < -0.39 is 11.7 Å². The molecule has 8 heteroatoms. The lowest BCUT2D eigenvalue weighted by Gasteiger charge is -2.21. The maximum Gasteiger partial charge on any atom is 0.417 e. The Labute approximate surface area is 149 Å². The van der Waals surface area contributed by atoms with Crippen molar-refractivity contribution in [1.29, 1.82) is 0 Å². The molecule has 0 aliphatic carbocycles. The number of hydrogen-bond donors (Lipinski definition) is 1. The molecule has 0 spiro atoms. The number of nitrogens with zero attached hydrogens (tertiary/aromatic N) is 2. The summed E-state index contributed by atoms with van der Waals surface area (Å²) in [5, 5.41) is 4.80. The Bertz CT molecular complexity index is 596. The first-order valence-electron chi connectivity index (χ1n) is 7.76. The van der Waals surface area contributed by atoms with Crippen LogP contribution in [0.25, 0.3) is 0 Å². The van der Waals surface area contributed by atoms with Gasteiger partial charge in [-0.15, -0.1) is 11.3 Å². The van der Waals surface area contributed by atoms with Crippen molar-refractivity contribution in [2.24, 2.45) is 4.99 Å². The second kappa shape index (κ2) is 8.40. The fourth-order valence-electron chi connectivity index (χ4n) is 2.55. The molecular weight excluding hydrogens is 355 g/mol. The first-order valence-corrected chi connectivity index (χ1v) is 9.45. The molecule has 24 heavy (non-hydrogen) atoms. The zero-order valence-electron chi connectivity index (χ0n) is 13.8. The Morgan fingerprint density at radius 2 is 2.29 bits per heavy atom. The Morgan fingerprint density at radius 3 is 2.83 bits per heavy atom. The standard InChI is InChI=1S/C16H22F3N3S2/c1-11-5-4-6-22(11)9-12(2)24-15(20-3)21-8-14-7-13(10-23-14)16(17,18)19/h7,10-11H,2,4-6,8-9H2,1,3H3,(H,20,21). The van der Waals surface area contributed by atoms with Gasteiger partial charge in [0, 0.05) is 29.9 Å². The summed E-state index contributed by atoms with van der Waals surface area (Å²) < 4.78 is 37.8. The minimum absolute atomic E-state index is 0.233. The molecular formula is C16H22F3N3S2. The number of hydrogen-bond acceptors (Lipinski definition) is 4.